The second-order valence-electron chi connectivity index (χ2n) is 11.6. The van der Waals surface area contributed by atoms with Crippen LogP contribution in [0, 0.1) is 23.6 Å². The van der Waals surface area contributed by atoms with Gasteiger partial charge in [0.2, 0.25) is 5.91 Å². The lowest BCUT2D eigenvalue weighted by molar-refractivity contribution is -0.118. The van der Waals surface area contributed by atoms with Crippen LogP contribution in [0.2, 0.25) is 5.02 Å². The molecule has 2 fully saturated rings. The van der Waals surface area contributed by atoms with Gasteiger partial charge in [-0.1, -0.05) is 41.6 Å². The molecule has 4 N–H and O–H groups in total. The van der Waals surface area contributed by atoms with E-state index in [1.165, 1.54) is 6.07 Å². The lowest BCUT2D eigenvalue weighted by Gasteiger charge is -2.34. The van der Waals surface area contributed by atoms with E-state index in [2.05, 4.69) is 22.5 Å². The summed E-state index contributed by atoms with van der Waals surface area (Å²) >= 11 is 6.11. The van der Waals surface area contributed by atoms with E-state index in [9.17, 15) is 17.4 Å². The molecule has 2 aromatic rings. The Morgan fingerprint density at radius 2 is 1.93 bits per heavy atom. The Balaban J connectivity index is 1.34. The van der Waals surface area contributed by atoms with Gasteiger partial charge in [-0.25, -0.2) is 21.3 Å². The molecule has 2 saturated heterocycles. The highest BCUT2D eigenvalue weighted by molar-refractivity contribution is 7.91. The quantitative estimate of drug-likeness (QED) is 0.378. The highest BCUT2D eigenvalue weighted by atomic mass is 35.5. The molecule has 8 nitrogen and oxygen atoms in total. The van der Waals surface area contributed by atoms with Gasteiger partial charge < -0.3 is 16.4 Å². The summed E-state index contributed by atoms with van der Waals surface area (Å²) in [4.78, 5) is 13.7. The molecule has 0 saturated carbocycles. The number of hydrogen-bond acceptors (Lipinski definition) is 6. The van der Waals surface area contributed by atoms with E-state index < -0.39 is 44.5 Å². The van der Waals surface area contributed by atoms with Crippen molar-refractivity contribution in [3.8, 4) is 11.8 Å². The van der Waals surface area contributed by atoms with Crippen molar-refractivity contribution in [3.05, 3.63) is 64.4 Å². The number of rotatable bonds is 8. The van der Waals surface area contributed by atoms with E-state index in [4.69, 9.17) is 17.3 Å². The molecular weight excluding hydrogens is 611 g/mol. The monoisotopic (exact) mass is 648 g/mol. The van der Waals surface area contributed by atoms with Crippen molar-refractivity contribution in [3.63, 3.8) is 0 Å². The van der Waals surface area contributed by atoms with Crippen LogP contribution >= 0.6 is 11.6 Å². The minimum absolute atomic E-state index is 0.0499. The van der Waals surface area contributed by atoms with E-state index >= 15 is 4.39 Å². The number of sulfone groups is 1. The highest BCUT2D eigenvalue weighted by Crippen LogP contribution is 2.36. The minimum Gasteiger partial charge on any atom is -0.324 e. The first-order valence-electron chi connectivity index (χ1n) is 14.8. The van der Waals surface area contributed by atoms with Crippen molar-refractivity contribution >= 4 is 44.0 Å². The van der Waals surface area contributed by atoms with Crippen LogP contribution < -0.4 is 16.4 Å². The summed E-state index contributed by atoms with van der Waals surface area (Å²) in [5.74, 6) is 5.55. The number of benzene rings is 2. The van der Waals surface area contributed by atoms with Gasteiger partial charge in [-0.2, -0.15) is 0 Å². The van der Waals surface area contributed by atoms with Crippen molar-refractivity contribution in [1.29, 1.82) is 0 Å². The van der Waals surface area contributed by atoms with E-state index in [1.807, 2.05) is 16.4 Å². The van der Waals surface area contributed by atoms with Gasteiger partial charge in [0.05, 0.1) is 41.1 Å². The van der Waals surface area contributed by atoms with Crippen molar-refractivity contribution in [1.82, 2.24) is 9.62 Å². The van der Waals surface area contributed by atoms with Crippen LogP contribution in [0.1, 0.15) is 49.1 Å². The Morgan fingerprint density at radius 1 is 1.19 bits per heavy atom. The smallest absolute Gasteiger partial charge is 0.241 e. The van der Waals surface area contributed by atoms with Gasteiger partial charge in [-0.3, -0.25) is 4.79 Å². The number of anilines is 1. The van der Waals surface area contributed by atoms with Crippen molar-refractivity contribution < 1.29 is 21.8 Å². The molecule has 4 unspecified atom stereocenters. The molecule has 4 aliphatic heterocycles. The molecule has 12 heteroatoms. The van der Waals surface area contributed by atoms with Crippen LogP contribution in [0.3, 0.4) is 0 Å². The Labute approximate surface area is 260 Å². The van der Waals surface area contributed by atoms with E-state index in [-0.39, 0.29) is 29.5 Å². The fraction of sp³-hybridized carbons (Fsp3) is 0.516. The van der Waals surface area contributed by atoms with Gasteiger partial charge in [0.15, 0.2) is 0 Å². The first kappa shape index (κ1) is 32.1. The summed E-state index contributed by atoms with van der Waals surface area (Å²) in [6.45, 7) is 0.992. The summed E-state index contributed by atoms with van der Waals surface area (Å²) in [7, 11) is -4.28. The normalized spacial score (nSPS) is 27.0. The van der Waals surface area contributed by atoms with Crippen LogP contribution in [0.4, 0.5) is 10.1 Å². The average Bonchev–Trinajstić information content (AvgIpc) is 3.10. The van der Waals surface area contributed by atoms with Crippen molar-refractivity contribution in [2.45, 2.75) is 62.6 Å². The second-order valence-corrected chi connectivity index (χ2v) is 15.8. The number of amides is 1. The molecule has 0 radical (unpaired) electrons. The van der Waals surface area contributed by atoms with Crippen LogP contribution in [0.15, 0.2) is 42.5 Å². The van der Waals surface area contributed by atoms with Crippen molar-refractivity contribution in [2.24, 2.45) is 11.7 Å². The summed E-state index contributed by atoms with van der Waals surface area (Å²) in [6, 6.07) is 10.6. The Bertz CT molecular complexity index is 1500. The molecular formula is C31H38ClFN4O4S2. The third-order valence-corrected chi connectivity index (χ3v) is 12.3. The first-order valence-corrected chi connectivity index (χ1v) is 18.3. The zero-order valence-electron chi connectivity index (χ0n) is 23.9. The summed E-state index contributed by atoms with van der Waals surface area (Å²) < 4.78 is 54.4. The van der Waals surface area contributed by atoms with Crippen LogP contribution in [-0.4, -0.2) is 71.3 Å². The Morgan fingerprint density at radius 3 is 2.67 bits per heavy atom. The summed E-state index contributed by atoms with van der Waals surface area (Å²) in [5, 5.41) is 6.89. The third-order valence-electron chi connectivity index (χ3n) is 8.75. The molecule has 0 aromatic heterocycles. The van der Waals surface area contributed by atoms with Gasteiger partial charge in [0.1, 0.15) is 15.7 Å². The molecule has 0 aliphatic carbocycles. The molecule has 4 aliphatic rings. The standard InChI is InChI=1S/C31H38ClFN4O4S2/c32-23-10-8-21(9-11-23)29(22-14-18-43(40,41)19-15-22)30(34)31(38)36-28-7-1-6-27(33)26(28)13-12-25-20-35-24-4-2-16-37(25)42(39)17-3-5-24/h1,6-11,22,24-25,29-30,35H,3,5,12-20,34H2,(H,36,38)/t24?,25-,29?,30-,42?/m0/s1. The zero-order valence-corrected chi connectivity index (χ0v) is 26.3. The van der Waals surface area contributed by atoms with Gasteiger partial charge in [0.25, 0.3) is 0 Å². The number of carbonyl (C=O) groups is 1. The SMILES string of the molecule is N[C@H](C(=O)Nc1cccc(F)c1CC[C@H]1CNC2C#CCN1S(=O)CCC2)C(c1ccc(Cl)cc1)C1CCS(=O)(=O)CC1. The van der Waals surface area contributed by atoms with Crippen molar-refractivity contribution in [2.75, 3.05) is 35.7 Å². The predicted octanol–water partition coefficient (Wildman–Crippen LogP) is 3.39. The molecule has 232 valence electrons. The van der Waals surface area contributed by atoms with E-state index in [1.54, 1.807) is 24.3 Å². The van der Waals surface area contributed by atoms with Crippen LogP contribution in [-0.2, 0) is 32.0 Å². The number of nitrogens with zero attached hydrogens (tertiary/aromatic N) is 1. The maximum atomic E-state index is 15.3. The Kier molecular flexibility index (Phi) is 10.6. The number of halogens is 2. The van der Waals surface area contributed by atoms with E-state index in [0.717, 1.165) is 18.4 Å². The van der Waals surface area contributed by atoms with Crippen LogP contribution in [0.5, 0.6) is 0 Å². The maximum absolute atomic E-state index is 15.3. The predicted molar refractivity (Wildman–Crippen MR) is 169 cm³/mol. The number of nitrogens with one attached hydrogen (secondary N) is 2. The van der Waals surface area contributed by atoms with Gasteiger partial charge in [0, 0.05) is 40.5 Å². The molecule has 0 spiro atoms. The Hall–Kier alpha value is -2.33. The van der Waals surface area contributed by atoms with Gasteiger partial charge in [-0.15, -0.1) is 0 Å². The third kappa shape index (κ3) is 8.04. The van der Waals surface area contributed by atoms with E-state index in [0.29, 0.717) is 60.8 Å². The highest BCUT2D eigenvalue weighted by Gasteiger charge is 2.37. The number of hydrogen-bond donors (Lipinski definition) is 3. The fourth-order valence-electron chi connectivity index (χ4n) is 6.34. The maximum Gasteiger partial charge on any atom is 0.241 e. The average molecular weight is 649 g/mol. The summed E-state index contributed by atoms with van der Waals surface area (Å²) in [6.07, 6.45) is 3.31. The lowest BCUT2D eigenvalue weighted by atomic mass is 9.77. The molecule has 2 bridgehead atoms. The number of carbonyl (C=O) groups excluding carboxylic acids is 1. The second kappa shape index (κ2) is 14.2. The minimum atomic E-state index is -3.11. The van der Waals surface area contributed by atoms with Gasteiger partial charge in [-0.05, 0) is 74.3 Å². The fourth-order valence-corrected chi connectivity index (χ4v) is 9.36. The lowest BCUT2D eigenvalue weighted by Crippen LogP contribution is -2.46. The number of fused-ring (bicyclic) bond motifs is 6. The largest absolute Gasteiger partial charge is 0.324 e. The molecule has 6 atom stereocenters. The zero-order chi connectivity index (χ0) is 30.6. The molecule has 43 heavy (non-hydrogen) atoms. The molecule has 4 heterocycles. The van der Waals surface area contributed by atoms with Gasteiger partial charge >= 0.3 is 0 Å². The topological polar surface area (TPSA) is 122 Å². The van der Waals surface area contributed by atoms with Crippen LogP contribution in [0.25, 0.3) is 0 Å². The first-order chi connectivity index (χ1) is 20.6. The summed E-state index contributed by atoms with van der Waals surface area (Å²) in [5.41, 5.74) is 8.13. The molecule has 1 amide bonds. The number of nitrogens with two attached hydrogens (primary N) is 1. The molecule has 2 aromatic carbocycles. The molecule has 6 rings (SSSR count).